The predicted octanol–water partition coefficient (Wildman–Crippen LogP) is 3.92. The molecule has 0 spiro atoms. The third kappa shape index (κ3) is 4.07. The van der Waals surface area contributed by atoms with Crippen LogP contribution in [-0.2, 0) is 0 Å². The molecule has 6 nitrogen and oxygen atoms in total. The van der Waals surface area contributed by atoms with E-state index in [-0.39, 0.29) is 22.8 Å². The molecule has 3 rings (SSSR count). The number of benzene rings is 2. The van der Waals surface area contributed by atoms with Crippen LogP contribution in [-0.4, -0.2) is 16.1 Å². The van der Waals surface area contributed by atoms with Crippen LogP contribution in [0.5, 0.6) is 11.5 Å². The van der Waals surface area contributed by atoms with E-state index in [2.05, 4.69) is 15.5 Å². The summed E-state index contributed by atoms with van der Waals surface area (Å²) in [5, 5.41) is 8.72. The standard InChI is InChI=1S/C18H13ClFN3O3/c1-10-6-12(20)3-5-15(10)26-16-4-2-11(19)7-14(16)18(25)22-13-8-17(24)23-21-9-13/h2-9H,1H3,(H2,22,23,24,25). The normalized spacial score (nSPS) is 10.4. The molecule has 1 aromatic heterocycles. The van der Waals surface area contributed by atoms with Crippen molar-refractivity contribution in [2.45, 2.75) is 6.92 Å². The molecule has 1 heterocycles. The largest absolute Gasteiger partial charge is 0.456 e. The van der Waals surface area contributed by atoms with Gasteiger partial charge in [-0.25, -0.2) is 9.49 Å². The number of halogens is 2. The van der Waals surface area contributed by atoms with E-state index in [0.717, 1.165) is 0 Å². The molecule has 132 valence electrons. The number of hydrogen-bond donors (Lipinski definition) is 2. The van der Waals surface area contributed by atoms with Crippen LogP contribution in [0.15, 0.2) is 53.5 Å². The van der Waals surface area contributed by atoms with Gasteiger partial charge in [0.25, 0.3) is 11.5 Å². The lowest BCUT2D eigenvalue weighted by Gasteiger charge is -2.13. The van der Waals surface area contributed by atoms with Gasteiger partial charge in [0.05, 0.1) is 17.4 Å². The van der Waals surface area contributed by atoms with Crippen molar-refractivity contribution in [2.75, 3.05) is 5.32 Å². The summed E-state index contributed by atoms with van der Waals surface area (Å²) in [7, 11) is 0. The zero-order valence-corrected chi connectivity index (χ0v) is 14.3. The third-order valence-electron chi connectivity index (χ3n) is 3.47. The van der Waals surface area contributed by atoms with Gasteiger partial charge in [-0.1, -0.05) is 11.6 Å². The Kier molecular flexibility index (Phi) is 4.99. The molecule has 0 saturated heterocycles. The smallest absolute Gasteiger partial charge is 0.266 e. The van der Waals surface area contributed by atoms with Gasteiger partial charge < -0.3 is 10.1 Å². The molecule has 3 aromatic rings. The number of nitrogens with zero attached hydrogens (tertiary/aromatic N) is 1. The summed E-state index contributed by atoms with van der Waals surface area (Å²) in [6.45, 7) is 1.69. The first kappa shape index (κ1) is 17.6. The van der Waals surface area contributed by atoms with Crippen LogP contribution in [0, 0.1) is 12.7 Å². The minimum Gasteiger partial charge on any atom is -0.456 e. The fourth-order valence-corrected chi connectivity index (χ4v) is 2.43. The summed E-state index contributed by atoms with van der Waals surface area (Å²) in [5.74, 6) is -0.277. The highest BCUT2D eigenvalue weighted by Crippen LogP contribution is 2.30. The van der Waals surface area contributed by atoms with Crippen molar-refractivity contribution in [1.29, 1.82) is 0 Å². The van der Waals surface area contributed by atoms with E-state index in [4.69, 9.17) is 16.3 Å². The fraction of sp³-hybridized carbons (Fsp3) is 0.0556. The van der Waals surface area contributed by atoms with Gasteiger partial charge in [0.2, 0.25) is 0 Å². The van der Waals surface area contributed by atoms with Crippen LogP contribution in [0.3, 0.4) is 0 Å². The molecule has 2 N–H and O–H groups in total. The summed E-state index contributed by atoms with van der Waals surface area (Å²) in [4.78, 5) is 23.9. The average molecular weight is 374 g/mol. The van der Waals surface area contributed by atoms with Crippen molar-refractivity contribution in [3.8, 4) is 11.5 Å². The lowest BCUT2D eigenvalue weighted by molar-refractivity contribution is 0.102. The number of aromatic nitrogens is 2. The van der Waals surface area contributed by atoms with Crippen LogP contribution in [0.1, 0.15) is 15.9 Å². The van der Waals surface area contributed by atoms with E-state index in [1.807, 2.05) is 0 Å². The minimum absolute atomic E-state index is 0.154. The van der Waals surface area contributed by atoms with Crippen molar-refractivity contribution in [2.24, 2.45) is 0 Å². The van der Waals surface area contributed by atoms with Crippen LogP contribution in [0.4, 0.5) is 10.1 Å². The van der Waals surface area contributed by atoms with E-state index in [1.165, 1.54) is 42.6 Å². The topological polar surface area (TPSA) is 84.1 Å². The molecule has 0 radical (unpaired) electrons. The number of amides is 1. The Balaban J connectivity index is 1.92. The predicted molar refractivity (Wildman–Crippen MR) is 95.5 cm³/mol. The average Bonchev–Trinajstić information content (AvgIpc) is 2.58. The molecule has 0 aliphatic carbocycles. The Morgan fingerprint density at radius 1 is 1.19 bits per heavy atom. The number of carbonyl (C=O) groups is 1. The number of aromatic amines is 1. The molecule has 0 atom stereocenters. The van der Waals surface area contributed by atoms with Crippen LogP contribution in [0.25, 0.3) is 0 Å². The Hall–Kier alpha value is -3.19. The highest BCUT2D eigenvalue weighted by Gasteiger charge is 2.16. The van der Waals surface area contributed by atoms with E-state index in [1.54, 1.807) is 13.0 Å². The molecule has 26 heavy (non-hydrogen) atoms. The van der Waals surface area contributed by atoms with Crippen molar-refractivity contribution in [3.05, 3.63) is 81.0 Å². The second-order valence-electron chi connectivity index (χ2n) is 5.44. The van der Waals surface area contributed by atoms with Gasteiger partial charge in [-0.2, -0.15) is 5.10 Å². The molecule has 0 unspecified atom stereocenters. The Morgan fingerprint density at radius 2 is 1.96 bits per heavy atom. The van der Waals surface area contributed by atoms with Gasteiger partial charge in [0.15, 0.2) is 0 Å². The SMILES string of the molecule is Cc1cc(F)ccc1Oc1ccc(Cl)cc1C(=O)Nc1cn[nH]c(=O)c1. The van der Waals surface area contributed by atoms with E-state index >= 15 is 0 Å². The second kappa shape index (κ2) is 7.37. The monoisotopic (exact) mass is 373 g/mol. The summed E-state index contributed by atoms with van der Waals surface area (Å²) >= 11 is 5.99. The number of carbonyl (C=O) groups excluding carboxylic acids is 1. The lowest BCUT2D eigenvalue weighted by Crippen LogP contribution is -2.16. The van der Waals surface area contributed by atoms with Crippen LogP contribution >= 0.6 is 11.6 Å². The van der Waals surface area contributed by atoms with Crippen LogP contribution < -0.4 is 15.6 Å². The summed E-state index contributed by atoms with van der Waals surface area (Å²) in [6.07, 6.45) is 1.30. The minimum atomic E-state index is -0.533. The maximum atomic E-state index is 13.3. The van der Waals surface area contributed by atoms with Gasteiger partial charge in [0.1, 0.15) is 17.3 Å². The number of hydrogen-bond acceptors (Lipinski definition) is 4. The van der Waals surface area contributed by atoms with Gasteiger partial charge in [0, 0.05) is 11.1 Å². The van der Waals surface area contributed by atoms with Crippen molar-refractivity contribution in [3.63, 3.8) is 0 Å². The summed E-state index contributed by atoms with van der Waals surface area (Å²) in [6, 6.07) is 9.80. The number of nitrogens with one attached hydrogen (secondary N) is 2. The molecule has 0 aliphatic heterocycles. The van der Waals surface area contributed by atoms with Gasteiger partial charge in [-0.05, 0) is 48.9 Å². The first-order chi connectivity index (χ1) is 12.4. The number of aryl methyl sites for hydroxylation is 1. The van der Waals surface area contributed by atoms with Gasteiger partial charge in [-0.15, -0.1) is 0 Å². The molecule has 0 fully saturated rings. The molecule has 0 bridgehead atoms. The van der Waals surface area contributed by atoms with Gasteiger partial charge >= 0.3 is 0 Å². The Bertz CT molecular complexity index is 1040. The molecule has 2 aromatic carbocycles. The van der Waals surface area contributed by atoms with E-state index in [9.17, 15) is 14.0 Å². The molecular formula is C18H13ClFN3O3. The number of ether oxygens (including phenoxy) is 1. The van der Waals surface area contributed by atoms with Crippen LogP contribution in [0.2, 0.25) is 5.02 Å². The molecule has 0 aliphatic rings. The molecular weight excluding hydrogens is 361 g/mol. The van der Waals surface area contributed by atoms with Crippen molar-refractivity contribution in [1.82, 2.24) is 10.2 Å². The fourth-order valence-electron chi connectivity index (χ4n) is 2.26. The van der Waals surface area contributed by atoms with Gasteiger partial charge in [-0.3, -0.25) is 9.59 Å². The maximum absolute atomic E-state index is 13.3. The number of rotatable bonds is 4. The number of H-pyrrole nitrogens is 1. The zero-order valence-electron chi connectivity index (χ0n) is 13.5. The molecule has 0 saturated carbocycles. The second-order valence-corrected chi connectivity index (χ2v) is 5.88. The van der Waals surface area contributed by atoms with Crippen molar-refractivity contribution >= 4 is 23.2 Å². The molecule has 1 amide bonds. The first-order valence-corrected chi connectivity index (χ1v) is 7.90. The van der Waals surface area contributed by atoms with E-state index < -0.39 is 11.5 Å². The number of anilines is 1. The highest BCUT2D eigenvalue weighted by molar-refractivity contribution is 6.31. The molecule has 8 heteroatoms. The lowest BCUT2D eigenvalue weighted by atomic mass is 10.1. The zero-order chi connectivity index (χ0) is 18.7. The first-order valence-electron chi connectivity index (χ1n) is 7.52. The Labute approximate surface area is 152 Å². The highest BCUT2D eigenvalue weighted by atomic mass is 35.5. The summed E-state index contributed by atoms with van der Waals surface area (Å²) in [5.41, 5.74) is 0.501. The summed E-state index contributed by atoms with van der Waals surface area (Å²) < 4.78 is 19.0. The third-order valence-corrected chi connectivity index (χ3v) is 3.70. The van der Waals surface area contributed by atoms with E-state index in [0.29, 0.717) is 16.3 Å². The Morgan fingerprint density at radius 3 is 2.69 bits per heavy atom. The van der Waals surface area contributed by atoms with Crippen molar-refractivity contribution < 1.29 is 13.9 Å². The quantitative estimate of drug-likeness (QED) is 0.726. The maximum Gasteiger partial charge on any atom is 0.266 e.